The molecule has 4 nitrogen and oxygen atoms in total. The Morgan fingerprint density at radius 3 is 3.07 bits per heavy atom. The fraction of sp³-hybridized carbons (Fsp3) is 0.800. The van der Waals surface area contributed by atoms with Crippen molar-refractivity contribution < 1.29 is 0 Å². The molecule has 1 atom stereocenters. The standard InChI is InChI=1S/C10H18N4S/c1-3-9-12-10(15-13-9)11-6-8-4-5-14(2)7-8/h8H,3-7H2,1-2H3,(H,11,12,13). The van der Waals surface area contributed by atoms with E-state index in [1.807, 2.05) is 0 Å². The molecular weight excluding hydrogens is 208 g/mol. The van der Waals surface area contributed by atoms with Gasteiger partial charge in [0.05, 0.1) is 0 Å². The Bertz CT molecular complexity index is 312. The van der Waals surface area contributed by atoms with Gasteiger partial charge in [0.15, 0.2) is 0 Å². The maximum Gasteiger partial charge on any atom is 0.202 e. The Hall–Kier alpha value is -0.680. The maximum atomic E-state index is 4.39. The quantitative estimate of drug-likeness (QED) is 0.844. The molecule has 1 aromatic rings. The van der Waals surface area contributed by atoms with Crippen LogP contribution >= 0.6 is 11.5 Å². The number of likely N-dealkylation sites (tertiary alicyclic amines) is 1. The van der Waals surface area contributed by atoms with Crippen molar-refractivity contribution in [3.05, 3.63) is 5.82 Å². The number of hydrogen-bond donors (Lipinski definition) is 1. The first-order chi connectivity index (χ1) is 7.28. The highest BCUT2D eigenvalue weighted by molar-refractivity contribution is 7.09. The van der Waals surface area contributed by atoms with Crippen LogP contribution in [-0.4, -0.2) is 40.9 Å². The van der Waals surface area contributed by atoms with Gasteiger partial charge in [-0.2, -0.15) is 4.37 Å². The normalized spacial score (nSPS) is 22.1. The minimum absolute atomic E-state index is 0.768. The van der Waals surface area contributed by atoms with E-state index in [2.05, 4.69) is 33.5 Å². The summed E-state index contributed by atoms with van der Waals surface area (Å²) in [6, 6.07) is 0. The molecule has 0 saturated carbocycles. The van der Waals surface area contributed by atoms with Crippen molar-refractivity contribution in [1.29, 1.82) is 0 Å². The van der Waals surface area contributed by atoms with E-state index in [-0.39, 0.29) is 0 Å². The first-order valence-electron chi connectivity index (χ1n) is 5.53. The molecule has 0 radical (unpaired) electrons. The van der Waals surface area contributed by atoms with Gasteiger partial charge in [0.1, 0.15) is 5.82 Å². The van der Waals surface area contributed by atoms with Gasteiger partial charge in [0.25, 0.3) is 0 Å². The summed E-state index contributed by atoms with van der Waals surface area (Å²) in [5.74, 6) is 1.72. The van der Waals surface area contributed by atoms with Crippen molar-refractivity contribution in [2.24, 2.45) is 5.92 Å². The first kappa shape index (κ1) is 10.8. The van der Waals surface area contributed by atoms with E-state index in [0.29, 0.717) is 0 Å². The molecule has 1 aliphatic heterocycles. The molecule has 0 aliphatic carbocycles. The molecule has 1 aliphatic rings. The number of aryl methyl sites for hydroxylation is 1. The van der Waals surface area contributed by atoms with Crippen molar-refractivity contribution in [3.8, 4) is 0 Å². The molecule has 0 aromatic carbocycles. The van der Waals surface area contributed by atoms with Crippen LogP contribution in [0.2, 0.25) is 0 Å². The van der Waals surface area contributed by atoms with Crippen LogP contribution in [0.5, 0.6) is 0 Å². The van der Waals surface area contributed by atoms with Crippen LogP contribution < -0.4 is 5.32 Å². The van der Waals surface area contributed by atoms with Crippen LogP contribution in [0.1, 0.15) is 19.2 Å². The second-order valence-electron chi connectivity index (χ2n) is 4.17. The summed E-state index contributed by atoms with van der Waals surface area (Å²) < 4.78 is 4.25. The van der Waals surface area contributed by atoms with Crippen molar-refractivity contribution in [3.63, 3.8) is 0 Å². The topological polar surface area (TPSA) is 41.1 Å². The van der Waals surface area contributed by atoms with Crippen molar-refractivity contribution in [1.82, 2.24) is 14.3 Å². The van der Waals surface area contributed by atoms with Crippen molar-refractivity contribution in [2.75, 3.05) is 32.0 Å². The Balaban J connectivity index is 1.77. The summed E-state index contributed by atoms with van der Waals surface area (Å²) >= 11 is 1.47. The van der Waals surface area contributed by atoms with Crippen LogP contribution in [-0.2, 0) is 6.42 Å². The highest BCUT2D eigenvalue weighted by atomic mass is 32.1. The number of rotatable bonds is 4. The lowest BCUT2D eigenvalue weighted by atomic mass is 10.1. The lowest BCUT2D eigenvalue weighted by Crippen LogP contribution is -2.19. The van der Waals surface area contributed by atoms with Gasteiger partial charge in [0.2, 0.25) is 5.13 Å². The molecule has 0 spiro atoms. The summed E-state index contributed by atoms with van der Waals surface area (Å²) in [6.07, 6.45) is 2.22. The highest BCUT2D eigenvalue weighted by Crippen LogP contribution is 2.17. The molecule has 15 heavy (non-hydrogen) atoms. The van der Waals surface area contributed by atoms with Crippen molar-refractivity contribution in [2.45, 2.75) is 19.8 Å². The molecule has 1 unspecified atom stereocenters. The van der Waals surface area contributed by atoms with E-state index in [1.54, 1.807) is 0 Å². The molecule has 2 rings (SSSR count). The minimum Gasteiger partial charge on any atom is -0.360 e. The van der Waals surface area contributed by atoms with Crippen LogP contribution in [0.15, 0.2) is 0 Å². The van der Waals surface area contributed by atoms with E-state index < -0.39 is 0 Å². The highest BCUT2D eigenvalue weighted by Gasteiger charge is 2.19. The van der Waals surface area contributed by atoms with E-state index in [0.717, 1.165) is 29.8 Å². The summed E-state index contributed by atoms with van der Waals surface area (Å²) in [5.41, 5.74) is 0. The zero-order valence-corrected chi connectivity index (χ0v) is 10.2. The molecule has 5 heteroatoms. The average Bonchev–Trinajstić information content (AvgIpc) is 2.83. The van der Waals surface area contributed by atoms with Gasteiger partial charge in [-0.15, -0.1) is 0 Å². The average molecular weight is 226 g/mol. The van der Waals surface area contributed by atoms with Gasteiger partial charge in [-0.1, -0.05) is 6.92 Å². The lowest BCUT2D eigenvalue weighted by molar-refractivity contribution is 0.399. The predicted molar refractivity (Wildman–Crippen MR) is 63.4 cm³/mol. The SMILES string of the molecule is CCc1nsc(NCC2CCN(C)C2)n1. The minimum atomic E-state index is 0.768. The fourth-order valence-electron chi connectivity index (χ4n) is 1.89. The zero-order chi connectivity index (χ0) is 10.7. The van der Waals surface area contributed by atoms with E-state index in [9.17, 15) is 0 Å². The summed E-state index contributed by atoms with van der Waals surface area (Å²) in [6.45, 7) is 5.54. The zero-order valence-electron chi connectivity index (χ0n) is 9.36. The Labute approximate surface area is 94.9 Å². The van der Waals surface area contributed by atoms with E-state index in [4.69, 9.17) is 0 Å². The van der Waals surface area contributed by atoms with Gasteiger partial charge in [-0.25, -0.2) is 4.98 Å². The molecule has 84 valence electrons. The third-order valence-corrected chi connectivity index (χ3v) is 3.53. The Kier molecular flexibility index (Phi) is 3.53. The smallest absolute Gasteiger partial charge is 0.202 e. The number of anilines is 1. The number of nitrogens with zero attached hydrogens (tertiary/aromatic N) is 3. The second kappa shape index (κ2) is 4.90. The first-order valence-corrected chi connectivity index (χ1v) is 6.30. The fourth-order valence-corrected chi connectivity index (χ4v) is 2.55. The predicted octanol–water partition coefficient (Wildman–Crippen LogP) is 1.46. The van der Waals surface area contributed by atoms with Crippen molar-refractivity contribution >= 4 is 16.7 Å². The molecule has 0 bridgehead atoms. The van der Waals surface area contributed by atoms with Crippen LogP contribution in [0.4, 0.5) is 5.13 Å². The van der Waals surface area contributed by atoms with Gasteiger partial charge in [-0.05, 0) is 25.9 Å². The van der Waals surface area contributed by atoms with Crippen LogP contribution in [0, 0.1) is 5.92 Å². The van der Waals surface area contributed by atoms with Gasteiger partial charge >= 0.3 is 0 Å². The number of hydrogen-bond acceptors (Lipinski definition) is 5. The lowest BCUT2D eigenvalue weighted by Gasteiger charge is -2.10. The molecule has 1 saturated heterocycles. The third kappa shape index (κ3) is 2.89. The largest absolute Gasteiger partial charge is 0.360 e. The monoisotopic (exact) mass is 226 g/mol. The van der Waals surface area contributed by atoms with E-state index >= 15 is 0 Å². The molecule has 1 fully saturated rings. The van der Waals surface area contributed by atoms with Crippen LogP contribution in [0.3, 0.4) is 0 Å². The molecule has 1 N–H and O–H groups in total. The molecule has 1 aromatic heterocycles. The summed E-state index contributed by atoms with van der Waals surface area (Å²) in [4.78, 5) is 6.77. The van der Waals surface area contributed by atoms with Gasteiger partial charge in [-0.3, -0.25) is 0 Å². The van der Waals surface area contributed by atoms with Gasteiger partial charge < -0.3 is 10.2 Å². The number of nitrogens with one attached hydrogen (secondary N) is 1. The maximum absolute atomic E-state index is 4.39. The third-order valence-electron chi connectivity index (χ3n) is 2.82. The molecule has 0 amide bonds. The molecule has 2 heterocycles. The second-order valence-corrected chi connectivity index (χ2v) is 4.92. The van der Waals surface area contributed by atoms with E-state index in [1.165, 1.54) is 31.0 Å². The summed E-state index contributed by atoms with van der Waals surface area (Å²) in [7, 11) is 2.18. The summed E-state index contributed by atoms with van der Waals surface area (Å²) in [5, 5.41) is 4.35. The Morgan fingerprint density at radius 2 is 2.47 bits per heavy atom. The van der Waals surface area contributed by atoms with Gasteiger partial charge in [0, 0.05) is 31.0 Å². The molecular formula is C10H18N4S. The van der Waals surface area contributed by atoms with Crippen LogP contribution in [0.25, 0.3) is 0 Å². The Morgan fingerprint density at radius 1 is 1.60 bits per heavy atom. The number of aromatic nitrogens is 2.